The molecule has 9 nitrogen and oxygen atoms in total. The summed E-state index contributed by atoms with van der Waals surface area (Å²) in [6.45, 7) is 3.63. The van der Waals surface area contributed by atoms with Crippen molar-refractivity contribution in [2.45, 2.75) is 68.8 Å². The van der Waals surface area contributed by atoms with Gasteiger partial charge in [-0.15, -0.1) is 0 Å². The number of cyclic esters (lactones) is 1. The molecule has 1 fully saturated rings. The number of nitrogens with zero attached hydrogens (tertiary/aromatic N) is 1. The van der Waals surface area contributed by atoms with Crippen molar-refractivity contribution >= 4 is 21.9 Å². The molecule has 0 saturated heterocycles. The van der Waals surface area contributed by atoms with Gasteiger partial charge in [-0.25, -0.2) is 22.9 Å². The highest BCUT2D eigenvalue weighted by atomic mass is 32.2. The number of hydrogen-bond donors (Lipinski definition) is 1. The van der Waals surface area contributed by atoms with Crippen LogP contribution in [0.5, 0.6) is 17.2 Å². The summed E-state index contributed by atoms with van der Waals surface area (Å²) < 4.78 is 53.8. The number of carbonyl (C=O) groups is 1. The molecule has 5 rings (SSSR count). The van der Waals surface area contributed by atoms with E-state index in [4.69, 9.17) is 23.9 Å². The minimum absolute atomic E-state index is 0.0666. The zero-order chi connectivity index (χ0) is 31.5. The maximum absolute atomic E-state index is 14.3. The number of rotatable bonds is 11. The second kappa shape index (κ2) is 13.0. The predicted octanol–water partition coefficient (Wildman–Crippen LogP) is 5.54. The SMILES string of the molecule is COc1cc(C2=NC(Cc3ccccc3)(C(NS(=O)(=O)c3cc(C)ccc3C)C3CCCCC3)C(=O)O2)cc(OC)c1OC. The fourth-order valence-electron chi connectivity index (χ4n) is 6.36. The number of hydrogen-bond acceptors (Lipinski definition) is 8. The number of benzene rings is 3. The molecule has 44 heavy (non-hydrogen) atoms. The van der Waals surface area contributed by atoms with Crippen LogP contribution in [0.3, 0.4) is 0 Å². The summed E-state index contributed by atoms with van der Waals surface area (Å²) in [5.41, 5.74) is 1.17. The lowest BCUT2D eigenvalue weighted by Crippen LogP contribution is -2.59. The molecule has 10 heteroatoms. The minimum atomic E-state index is -4.05. The smallest absolute Gasteiger partial charge is 0.342 e. The fraction of sp³-hybridized carbons (Fsp3) is 0.412. The van der Waals surface area contributed by atoms with Gasteiger partial charge in [-0.1, -0.05) is 61.7 Å². The molecule has 0 bridgehead atoms. The van der Waals surface area contributed by atoms with Crippen LogP contribution in [0.25, 0.3) is 0 Å². The highest BCUT2D eigenvalue weighted by Gasteiger charge is 2.56. The van der Waals surface area contributed by atoms with Gasteiger partial charge in [0, 0.05) is 12.0 Å². The Labute approximate surface area is 259 Å². The van der Waals surface area contributed by atoms with Crippen molar-refractivity contribution in [1.82, 2.24) is 4.72 Å². The van der Waals surface area contributed by atoms with Crippen LogP contribution in [0.4, 0.5) is 0 Å². The summed E-state index contributed by atoms with van der Waals surface area (Å²) in [7, 11) is 0.468. The standard InChI is InChI=1S/C34H40N2O7S/c1-22-16-17-23(2)29(18-22)44(38,39)36-31(25-14-10-7-11-15-25)34(21-24-12-8-6-9-13-24)33(37)43-32(35-34)26-19-27(40-3)30(42-5)28(20-26)41-4/h6,8-9,12-13,16-20,25,31,36H,7,10-11,14-15,21H2,1-5H3. The van der Waals surface area contributed by atoms with Gasteiger partial charge in [0.15, 0.2) is 17.0 Å². The molecule has 1 aliphatic heterocycles. The Morgan fingerprint density at radius 2 is 1.59 bits per heavy atom. The Morgan fingerprint density at radius 3 is 2.20 bits per heavy atom. The van der Waals surface area contributed by atoms with Gasteiger partial charge in [0.25, 0.3) is 0 Å². The van der Waals surface area contributed by atoms with Gasteiger partial charge in [0.2, 0.25) is 21.7 Å². The van der Waals surface area contributed by atoms with E-state index in [1.807, 2.05) is 43.3 Å². The van der Waals surface area contributed by atoms with Gasteiger partial charge in [-0.05, 0) is 67.5 Å². The molecule has 0 radical (unpaired) electrons. The number of sulfonamides is 1. The van der Waals surface area contributed by atoms with Crippen molar-refractivity contribution < 1.29 is 32.2 Å². The number of methoxy groups -OCH3 is 3. The third-order valence-electron chi connectivity index (χ3n) is 8.62. The van der Waals surface area contributed by atoms with Gasteiger partial charge in [0.05, 0.1) is 32.3 Å². The summed E-state index contributed by atoms with van der Waals surface area (Å²) in [5.74, 6) is 0.464. The predicted molar refractivity (Wildman–Crippen MR) is 168 cm³/mol. The number of aliphatic imine (C=N–C) groups is 1. The van der Waals surface area contributed by atoms with E-state index in [2.05, 4.69) is 4.72 Å². The van der Waals surface area contributed by atoms with Crippen LogP contribution in [0.15, 0.2) is 70.6 Å². The highest BCUT2D eigenvalue weighted by Crippen LogP contribution is 2.42. The Hall–Kier alpha value is -3.89. The van der Waals surface area contributed by atoms with Crippen molar-refractivity contribution in [3.63, 3.8) is 0 Å². The normalized spacial score (nSPS) is 19.7. The molecule has 1 saturated carbocycles. The molecule has 2 unspecified atom stereocenters. The molecule has 2 atom stereocenters. The quantitative estimate of drug-likeness (QED) is 0.280. The van der Waals surface area contributed by atoms with Crippen molar-refractivity contribution in [3.8, 4) is 17.2 Å². The molecule has 0 spiro atoms. The van der Waals surface area contributed by atoms with Crippen LogP contribution in [0, 0.1) is 19.8 Å². The lowest BCUT2D eigenvalue weighted by Gasteiger charge is -2.39. The molecule has 2 aliphatic rings. The van der Waals surface area contributed by atoms with Crippen LogP contribution >= 0.6 is 0 Å². The first-order chi connectivity index (χ1) is 21.1. The van der Waals surface area contributed by atoms with Crippen molar-refractivity contribution in [2.24, 2.45) is 10.9 Å². The Balaban J connectivity index is 1.69. The van der Waals surface area contributed by atoms with Crippen LogP contribution < -0.4 is 18.9 Å². The second-order valence-corrected chi connectivity index (χ2v) is 13.3. The molecular weight excluding hydrogens is 580 g/mol. The van der Waals surface area contributed by atoms with E-state index in [0.717, 1.165) is 43.2 Å². The van der Waals surface area contributed by atoms with Crippen LogP contribution in [0.1, 0.15) is 54.4 Å². The van der Waals surface area contributed by atoms with Gasteiger partial charge in [0.1, 0.15) is 0 Å². The molecule has 1 heterocycles. The highest BCUT2D eigenvalue weighted by molar-refractivity contribution is 7.89. The topological polar surface area (TPSA) is 113 Å². The van der Waals surface area contributed by atoms with E-state index < -0.39 is 27.6 Å². The van der Waals surface area contributed by atoms with E-state index in [9.17, 15) is 13.2 Å². The van der Waals surface area contributed by atoms with Gasteiger partial charge in [-0.3, -0.25) is 0 Å². The number of aryl methyl sites for hydroxylation is 2. The summed E-state index contributed by atoms with van der Waals surface area (Å²) >= 11 is 0. The third-order valence-corrected chi connectivity index (χ3v) is 10.2. The Morgan fingerprint density at radius 1 is 0.932 bits per heavy atom. The lowest BCUT2D eigenvalue weighted by molar-refractivity contribution is -0.140. The van der Waals surface area contributed by atoms with E-state index in [-0.39, 0.29) is 23.1 Å². The second-order valence-electron chi connectivity index (χ2n) is 11.6. The van der Waals surface area contributed by atoms with E-state index in [1.165, 1.54) is 21.3 Å². The molecule has 1 aliphatic carbocycles. The van der Waals surface area contributed by atoms with E-state index in [0.29, 0.717) is 28.4 Å². The summed E-state index contributed by atoms with van der Waals surface area (Å²) in [6, 6.07) is 17.3. The maximum atomic E-state index is 14.3. The maximum Gasteiger partial charge on any atom is 0.342 e. The van der Waals surface area contributed by atoms with Crippen LogP contribution in [0.2, 0.25) is 0 Å². The molecule has 3 aromatic rings. The van der Waals surface area contributed by atoms with Crippen molar-refractivity contribution in [1.29, 1.82) is 0 Å². The van der Waals surface area contributed by atoms with Gasteiger partial charge in [-0.2, -0.15) is 0 Å². The lowest BCUT2D eigenvalue weighted by atomic mass is 9.73. The summed E-state index contributed by atoms with van der Waals surface area (Å²) in [4.78, 5) is 19.5. The zero-order valence-electron chi connectivity index (χ0n) is 25.9. The first-order valence-electron chi connectivity index (χ1n) is 14.9. The summed E-state index contributed by atoms with van der Waals surface area (Å²) in [5, 5.41) is 0. The van der Waals surface area contributed by atoms with Crippen molar-refractivity contribution in [2.75, 3.05) is 21.3 Å². The molecule has 1 N–H and O–H groups in total. The van der Waals surface area contributed by atoms with Crippen LogP contribution in [-0.2, 0) is 26.0 Å². The minimum Gasteiger partial charge on any atom is -0.493 e. The Kier molecular flexibility index (Phi) is 9.31. The third kappa shape index (κ3) is 6.19. The number of carbonyl (C=O) groups excluding carboxylic acids is 1. The molecule has 0 amide bonds. The molecular formula is C34H40N2O7S. The number of ether oxygens (including phenoxy) is 4. The van der Waals surface area contributed by atoms with Gasteiger partial charge < -0.3 is 18.9 Å². The fourth-order valence-corrected chi connectivity index (χ4v) is 8.04. The zero-order valence-corrected chi connectivity index (χ0v) is 26.7. The van der Waals surface area contributed by atoms with Gasteiger partial charge >= 0.3 is 5.97 Å². The van der Waals surface area contributed by atoms with E-state index >= 15 is 0 Å². The first kappa shape index (κ1) is 31.5. The van der Waals surface area contributed by atoms with Crippen LogP contribution in [-0.4, -0.2) is 53.2 Å². The molecule has 234 valence electrons. The van der Waals surface area contributed by atoms with Crippen molar-refractivity contribution in [3.05, 3.63) is 82.9 Å². The number of nitrogens with one attached hydrogen (secondary N) is 1. The molecule has 3 aromatic carbocycles. The average Bonchev–Trinajstić information content (AvgIpc) is 3.37. The first-order valence-corrected chi connectivity index (χ1v) is 16.4. The largest absolute Gasteiger partial charge is 0.493 e. The summed E-state index contributed by atoms with van der Waals surface area (Å²) in [6.07, 6.45) is 4.61. The number of esters is 1. The van der Waals surface area contributed by atoms with E-state index in [1.54, 1.807) is 31.2 Å². The Bertz CT molecular complexity index is 1620. The monoisotopic (exact) mass is 620 g/mol. The molecule has 0 aromatic heterocycles. The average molecular weight is 621 g/mol.